The van der Waals surface area contributed by atoms with Crippen LogP contribution in [0.2, 0.25) is 0 Å². The van der Waals surface area contributed by atoms with Crippen LogP contribution >= 0.6 is 0 Å². The molecule has 86 valence electrons. The van der Waals surface area contributed by atoms with Gasteiger partial charge >= 0.3 is 9.53 Å². The van der Waals surface area contributed by atoms with E-state index in [4.69, 9.17) is 13.3 Å². The number of rotatable bonds is 7. The van der Waals surface area contributed by atoms with Gasteiger partial charge in [0.05, 0.1) is 5.60 Å². The van der Waals surface area contributed by atoms with Crippen LogP contribution in [0.25, 0.3) is 0 Å². The van der Waals surface area contributed by atoms with Gasteiger partial charge in [-0.2, -0.15) is 0 Å². The lowest BCUT2D eigenvalue weighted by molar-refractivity contribution is 0.00320. The molecule has 0 aromatic heterocycles. The second-order valence-corrected chi connectivity index (χ2v) is 5.67. The Labute approximate surface area is 89.7 Å². The molecule has 0 bridgehead atoms. The predicted octanol–water partition coefficient (Wildman–Crippen LogP) is 2.37. The van der Waals surface area contributed by atoms with E-state index in [0.717, 1.165) is 12.8 Å². The molecule has 0 aromatic carbocycles. The maximum atomic E-state index is 5.80. The Bertz CT molecular complexity index is 150. The third kappa shape index (κ3) is 5.75. The summed E-state index contributed by atoms with van der Waals surface area (Å²) in [4.78, 5) is 0. The first-order valence-electron chi connectivity index (χ1n) is 5.31. The summed E-state index contributed by atoms with van der Waals surface area (Å²) in [5, 5.41) is 0. The van der Waals surface area contributed by atoms with Crippen LogP contribution in [0.5, 0.6) is 0 Å². The average Bonchev–Trinajstić information content (AvgIpc) is 2.16. The topological polar surface area (TPSA) is 27.7 Å². The largest absolute Gasteiger partial charge is 0.484 e. The molecule has 0 aliphatic carbocycles. The van der Waals surface area contributed by atoms with Crippen molar-refractivity contribution in [3.8, 4) is 0 Å². The van der Waals surface area contributed by atoms with Crippen molar-refractivity contribution in [1.82, 2.24) is 0 Å². The van der Waals surface area contributed by atoms with Crippen molar-refractivity contribution in [2.45, 2.75) is 59.2 Å². The van der Waals surface area contributed by atoms with Gasteiger partial charge in [-0.15, -0.1) is 0 Å². The minimum Gasteiger partial charge on any atom is -0.379 e. The summed E-state index contributed by atoms with van der Waals surface area (Å²) in [6.45, 7) is 10.4. The molecule has 0 spiro atoms. The second kappa shape index (κ2) is 6.56. The third-order valence-electron chi connectivity index (χ3n) is 2.38. The first-order valence-corrected chi connectivity index (χ1v) is 6.72. The smallest absolute Gasteiger partial charge is 0.379 e. The zero-order valence-electron chi connectivity index (χ0n) is 10.3. The van der Waals surface area contributed by atoms with Gasteiger partial charge in [0.1, 0.15) is 0 Å². The molecule has 0 radical (unpaired) electrons. The van der Waals surface area contributed by atoms with E-state index < -0.39 is 9.53 Å². The summed E-state index contributed by atoms with van der Waals surface area (Å²) in [5.41, 5.74) is -0.139. The van der Waals surface area contributed by atoms with Gasteiger partial charge in [-0.3, -0.25) is 0 Å². The van der Waals surface area contributed by atoms with Gasteiger partial charge in [0.15, 0.2) is 0 Å². The van der Waals surface area contributed by atoms with Crippen molar-refractivity contribution in [2.24, 2.45) is 0 Å². The number of hydrogen-bond donors (Lipinski definition) is 0. The van der Waals surface area contributed by atoms with Crippen LogP contribution in [0.4, 0.5) is 0 Å². The highest BCUT2D eigenvalue weighted by atomic mass is 28.3. The summed E-state index contributed by atoms with van der Waals surface area (Å²) in [5.74, 6) is 0. The lowest BCUT2D eigenvalue weighted by atomic mass is 10.1. The molecule has 0 saturated heterocycles. The zero-order valence-corrected chi connectivity index (χ0v) is 11.4. The van der Waals surface area contributed by atoms with E-state index in [9.17, 15) is 0 Å². The van der Waals surface area contributed by atoms with Crippen molar-refractivity contribution in [2.75, 3.05) is 7.11 Å². The van der Waals surface area contributed by atoms with E-state index in [1.54, 1.807) is 7.11 Å². The molecule has 0 aliphatic rings. The molecule has 0 fully saturated rings. The van der Waals surface area contributed by atoms with Crippen LogP contribution in [0, 0.1) is 0 Å². The monoisotopic (exact) mass is 220 g/mol. The molecule has 3 nitrogen and oxygen atoms in total. The van der Waals surface area contributed by atoms with Gasteiger partial charge < -0.3 is 13.3 Å². The SMILES string of the molecule is CCC(C)O[SiH](OC)OC(C)(C)CC. The fraction of sp³-hybridized carbons (Fsp3) is 1.00. The predicted molar refractivity (Wildman–Crippen MR) is 60.5 cm³/mol. The molecule has 0 amide bonds. The first-order chi connectivity index (χ1) is 6.45. The van der Waals surface area contributed by atoms with Crippen molar-refractivity contribution in [3.05, 3.63) is 0 Å². The van der Waals surface area contributed by atoms with Crippen LogP contribution in [-0.4, -0.2) is 28.3 Å². The van der Waals surface area contributed by atoms with Crippen LogP contribution in [-0.2, 0) is 13.3 Å². The van der Waals surface area contributed by atoms with E-state index >= 15 is 0 Å². The fourth-order valence-electron chi connectivity index (χ4n) is 0.761. The quantitative estimate of drug-likeness (QED) is 0.617. The molecule has 4 heteroatoms. The standard InChI is InChI=1S/C10H24O3Si/c1-7-9(3)12-14(11-6)13-10(4,5)8-2/h9,14H,7-8H2,1-6H3. The minimum atomic E-state index is -1.93. The fourth-order valence-corrected chi connectivity index (χ4v) is 2.28. The van der Waals surface area contributed by atoms with Crippen molar-refractivity contribution >= 4 is 9.53 Å². The van der Waals surface area contributed by atoms with Gasteiger partial charge in [0.25, 0.3) is 0 Å². The van der Waals surface area contributed by atoms with E-state index in [2.05, 4.69) is 27.7 Å². The van der Waals surface area contributed by atoms with E-state index in [1.165, 1.54) is 0 Å². The molecule has 0 saturated carbocycles. The highest BCUT2D eigenvalue weighted by Gasteiger charge is 2.26. The van der Waals surface area contributed by atoms with Crippen molar-refractivity contribution in [3.63, 3.8) is 0 Å². The lowest BCUT2D eigenvalue weighted by Gasteiger charge is -2.29. The minimum absolute atomic E-state index is 0.139. The molecule has 0 heterocycles. The summed E-state index contributed by atoms with van der Waals surface area (Å²) in [6.07, 6.45) is 2.17. The Kier molecular flexibility index (Phi) is 6.60. The summed E-state index contributed by atoms with van der Waals surface area (Å²) >= 11 is 0. The third-order valence-corrected chi connectivity index (χ3v) is 4.28. The molecule has 0 N–H and O–H groups in total. The van der Waals surface area contributed by atoms with Gasteiger partial charge in [-0.05, 0) is 33.6 Å². The van der Waals surface area contributed by atoms with Gasteiger partial charge in [-0.1, -0.05) is 13.8 Å². The molecule has 2 unspecified atom stereocenters. The second-order valence-electron chi connectivity index (χ2n) is 4.11. The van der Waals surface area contributed by atoms with Crippen LogP contribution in [0.15, 0.2) is 0 Å². The molecule has 0 aliphatic heterocycles. The summed E-state index contributed by atoms with van der Waals surface area (Å²) < 4.78 is 16.7. The molecule has 0 aromatic rings. The molecule has 2 atom stereocenters. The molecule has 14 heavy (non-hydrogen) atoms. The van der Waals surface area contributed by atoms with Gasteiger partial charge in [0.2, 0.25) is 0 Å². The van der Waals surface area contributed by atoms with E-state index in [0.29, 0.717) is 0 Å². The normalized spacial score (nSPS) is 16.7. The Balaban J connectivity index is 4.02. The molecular weight excluding hydrogens is 196 g/mol. The molecule has 0 rings (SSSR count). The van der Waals surface area contributed by atoms with Crippen molar-refractivity contribution in [1.29, 1.82) is 0 Å². The highest BCUT2D eigenvalue weighted by Crippen LogP contribution is 2.16. The maximum Gasteiger partial charge on any atom is 0.484 e. The molecular formula is C10H24O3Si. The Morgan fingerprint density at radius 2 is 1.86 bits per heavy atom. The lowest BCUT2D eigenvalue weighted by Crippen LogP contribution is -2.38. The Morgan fingerprint density at radius 3 is 2.21 bits per heavy atom. The first kappa shape index (κ1) is 14.1. The Morgan fingerprint density at radius 1 is 1.29 bits per heavy atom. The van der Waals surface area contributed by atoms with Gasteiger partial charge in [-0.25, -0.2) is 0 Å². The van der Waals surface area contributed by atoms with Crippen LogP contribution in [0.3, 0.4) is 0 Å². The highest BCUT2D eigenvalue weighted by molar-refractivity contribution is 6.36. The zero-order chi connectivity index (χ0) is 11.2. The summed E-state index contributed by atoms with van der Waals surface area (Å²) in [6, 6.07) is 0. The summed E-state index contributed by atoms with van der Waals surface area (Å²) in [7, 11) is -0.273. The van der Waals surface area contributed by atoms with E-state index in [-0.39, 0.29) is 11.7 Å². The van der Waals surface area contributed by atoms with Gasteiger partial charge in [0, 0.05) is 13.2 Å². The van der Waals surface area contributed by atoms with E-state index in [1.807, 2.05) is 6.92 Å². The average molecular weight is 220 g/mol. The van der Waals surface area contributed by atoms with Crippen LogP contribution < -0.4 is 0 Å². The maximum absolute atomic E-state index is 5.80. The van der Waals surface area contributed by atoms with Crippen molar-refractivity contribution < 1.29 is 13.3 Å². The van der Waals surface area contributed by atoms with Crippen LogP contribution in [0.1, 0.15) is 47.5 Å². The number of hydrogen-bond acceptors (Lipinski definition) is 3. The Hall–Kier alpha value is 0.0969.